The third-order valence-electron chi connectivity index (χ3n) is 5.65. The summed E-state index contributed by atoms with van der Waals surface area (Å²) in [5.41, 5.74) is 5.82. The molecule has 0 bridgehead atoms. The number of hydrogen-bond donors (Lipinski definition) is 1. The zero-order valence-corrected chi connectivity index (χ0v) is 18.6. The van der Waals surface area contributed by atoms with Crippen LogP contribution in [0.2, 0.25) is 0 Å². The molecule has 0 spiro atoms. The summed E-state index contributed by atoms with van der Waals surface area (Å²) in [6, 6.07) is 7.89. The highest BCUT2D eigenvalue weighted by atomic mass is 16.2. The van der Waals surface area contributed by atoms with Crippen molar-refractivity contribution in [1.29, 1.82) is 0 Å². The monoisotopic (exact) mass is 429 g/mol. The van der Waals surface area contributed by atoms with Crippen LogP contribution in [0.4, 0.5) is 5.69 Å². The van der Waals surface area contributed by atoms with E-state index in [9.17, 15) is 9.59 Å². The maximum absolute atomic E-state index is 12.6. The summed E-state index contributed by atoms with van der Waals surface area (Å²) >= 11 is 0. The second kappa shape index (κ2) is 9.18. The van der Waals surface area contributed by atoms with Crippen LogP contribution < -0.4 is 5.32 Å². The molecular weight excluding hydrogens is 402 g/mol. The van der Waals surface area contributed by atoms with E-state index in [2.05, 4.69) is 21.5 Å². The second-order valence-electron chi connectivity index (χ2n) is 8.25. The van der Waals surface area contributed by atoms with Crippen LogP contribution in [0.1, 0.15) is 42.4 Å². The minimum Gasteiger partial charge on any atom is -0.342 e. The van der Waals surface area contributed by atoms with Crippen molar-refractivity contribution in [2.75, 3.05) is 12.4 Å². The van der Waals surface area contributed by atoms with Crippen molar-refractivity contribution < 1.29 is 9.59 Å². The molecule has 0 atom stereocenters. The molecule has 1 saturated carbocycles. The summed E-state index contributed by atoms with van der Waals surface area (Å²) in [5.74, 6) is 0.354. The van der Waals surface area contributed by atoms with Gasteiger partial charge < -0.3 is 10.2 Å². The molecule has 1 N–H and O–H groups in total. The van der Waals surface area contributed by atoms with Crippen molar-refractivity contribution in [1.82, 2.24) is 19.7 Å². The van der Waals surface area contributed by atoms with Crippen LogP contribution in [0.15, 0.2) is 55.1 Å². The van der Waals surface area contributed by atoms with E-state index >= 15 is 0 Å². The van der Waals surface area contributed by atoms with Crippen LogP contribution in [0.5, 0.6) is 0 Å². The van der Waals surface area contributed by atoms with E-state index in [1.54, 1.807) is 48.2 Å². The molecule has 0 aliphatic heterocycles. The topological polar surface area (TPSA) is 80.1 Å². The smallest absolute Gasteiger partial charge is 0.248 e. The molecule has 2 aromatic heterocycles. The quantitative estimate of drug-likeness (QED) is 0.576. The number of anilines is 1. The molecule has 32 heavy (non-hydrogen) atoms. The minimum absolute atomic E-state index is 0.0185. The average Bonchev–Trinajstić information content (AvgIpc) is 3.52. The standard InChI is InChI=1S/C25H27N5O2/c1-17(31)29(2)15-20-12-22(7-8-23(20)18-4-5-18)28-25(32)9-6-19-13-26-11-10-24(19)21-14-27-30(3)16-21/h6-14,16,18H,4-5,15H2,1-3H3,(H,28,32)/b9-6+. The van der Waals surface area contributed by atoms with Gasteiger partial charge in [-0.15, -0.1) is 0 Å². The number of hydrogen-bond acceptors (Lipinski definition) is 4. The summed E-state index contributed by atoms with van der Waals surface area (Å²) in [7, 11) is 3.66. The van der Waals surface area contributed by atoms with Gasteiger partial charge >= 0.3 is 0 Å². The zero-order valence-electron chi connectivity index (χ0n) is 18.6. The fourth-order valence-corrected chi connectivity index (χ4v) is 3.69. The Morgan fingerprint density at radius 1 is 1.25 bits per heavy atom. The molecule has 7 heteroatoms. The van der Waals surface area contributed by atoms with Gasteiger partial charge in [0.25, 0.3) is 0 Å². The van der Waals surface area contributed by atoms with Crippen LogP contribution in [-0.4, -0.2) is 38.5 Å². The van der Waals surface area contributed by atoms with E-state index in [0.29, 0.717) is 12.5 Å². The van der Waals surface area contributed by atoms with Gasteiger partial charge in [-0.3, -0.25) is 19.3 Å². The Hall–Kier alpha value is -3.74. The van der Waals surface area contributed by atoms with Crippen molar-refractivity contribution in [2.24, 2.45) is 7.05 Å². The molecule has 7 nitrogen and oxygen atoms in total. The fraction of sp³-hybridized carbons (Fsp3) is 0.280. The third kappa shape index (κ3) is 5.11. The van der Waals surface area contributed by atoms with Gasteiger partial charge in [-0.1, -0.05) is 6.07 Å². The lowest BCUT2D eigenvalue weighted by molar-refractivity contribution is -0.128. The predicted molar refractivity (Wildman–Crippen MR) is 125 cm³/mol. The van der Waals surface area contributed by atoms with Crippen molar-refractivity contribution in [3.63, 3.8) is 0 Å². The third-order valence-corrected chi connectivity index (χ3v) is 5.65. The summed E-state index contributed by atoms with van der Waals surface area (Å²) < 4.78 is 1.74. The lowest BCUT2D eigenvalue weighted by atomic mass is 10.0. The van der Waals surface area contributed by atoms with E-state index in [4.69, 9.17) is 0 Å². The van der Waals surface area contributed by atoms with E-state index in [-0.39, 0.29) is 11.8 Å². The molecule has 3 aromatic rings. The lowest BCUT2D eigenvalue weighted by Crippen LogP contribution is -2.23. The minimum atomic E-state index is -0.226. The highest BCUT2D eigenvalue weighted by Gasteiger charge is 2.26. The largest absolute Gasteiger partial charge is 0.342 e. The Morgan fingerprint density at radius 2 is 2.06 bits per heavy atom. The molecule has 164 valence electrons. The molecule has 1 fully saturated rings. The Balaban J connectivity index is 1.50. The first-order chi connectivity index (χ1) is 15.4. The molecule has 0 unspecified atom stereocenters. The Morgan fingerprint density at radius 3 is 2.75 bits per heavy atom. The second-order valence-corrected chi connectivity index (χ2v) is 8.25. The molecule has 1 aromatic carbocycles. The first kappa shape index (κ1) is 21.5. The molecule has 1 aliphatic carbocycles. The van der Waals surface area contributed by atoms with Crippen molar-refractivity contribution in [3.8, 4) is 11.1 Å². The summed E-state index contributed by atoms with van der Waals surface area (Å²) in [5, 5.41) is 7.16. The van der Waals surface area contributed by atoms with Crippen LogP contribution in [-0.2, 0) is 23.2 Å². The maximum atomic E-state index is 12.6. The average molecular weight is 430 g/mol. The predicted octanol–water partition coefficient (Wildman–Crippen LogP) is 3.99. The Bertz CT molecular complexity index is 1180. The van der Waals surface area contributed by atoms with Gasteiger partial charge in [-0.25, -0.2) is 0 Å². The summed E-state index contributed by atoms with van der Waals surface area (Å²) in [6.07, 6.45) is 12.8. The maximum Gasteiger partial charge on any atom is 0.248 e. The van der Waals surface area contributed by atoms with E-state index < -0.39 is 0 Å². The van der Waals surface area contributed by atoms with Gasteiger partial charge in [0, 0.05) is 69.0 Å². The van der Waals surface area contributed by atoms with E-state index in [1.165, 1.54) is 24.5 Å². The first-order valence-corrected chi connectivity index (χ1v) is 10.7. The first-order valence-electron chi connectivity index (χ1n) is 10.7. The van der Waals surface area contributed by atoms with Crippen LogP contribution in [0, 0.1) is 0 Å². The van der Waals surface area contributed by atoms with Crippen molar-refractivity contribution in [2.45, 2.75) is 32.2 Å². The highest BCUT2D eigenvalue weighted by molar-refractivity contribution is 6.02. The molecule has 2 heterocycles. The Labute approximate surface area is 187 Å². The number of pyridine rings is 1. The van der Waals surface area contributed by atoms with Gasteiger partial charge in [0.1, 0.15) is 0 Å². The zero-order chi connectivity index (χ0) is 22.7. The Kier molecular flexibility index (Phi) is 6.16. The molecule has 2 amide bonds. The number of amides is 2. The van der Waals surface area contributed by atoms with E-state index in [1.807, 2.05) is 31.4 Å². The van der Waals surface area contributed by atoms with Gasteiger partial charge in [-0.2, -0.15) is 5.10 Å². The van der Waals surface area contributed by atoms with Gasteiger partial charge in [-0.05, 0) is 59.7 Å². The number of nitrogens with one attached hydrogen (secondary N) is 1. The lowest BCUT2D eigenvalue weighted by Gasteiger charge is -2.18. The number of rotatable bonds is 7. The fourth-order valence-electron chi connectivity index (χ4n) is 3.69. The summed E-state index contributed by atoms with van der Waals surface area (Å²) in [6.45, 7) is 2.09. The normalized spacial score (nSPS) is 13.3. The van der Waals surface area contributed by atoms with Crippen LogP contribution in [0.3, 0.4) is 0 Å². The molecule has 4 rings (SSSR count). The summed E-state index contributed by atoms with van der Waals surface area (Å²) in [4.78, 5) is 30.2. The van der Waals surface area contributed by atoms with Crippen molar-refractivity contribution >= 4 is 23.6 Å². The van der Waals surface area contributed by atoms with E-state index in [0.717, 1.165) is 27.9 Å². The van der Waals surface area contributed by atoms with Gasteiger partial charge in [0.2, 0.25) is 11.8 Å². The number of nitrogens with zero attached hydrogens (tertiary/aromatic N) is 4. The van der Waals surface area contributed by atoms with Crippen LogP contribution >= 0.6 is 0 Å². The number of aromatic nitrogens is 3. The van der Waals surface area contributed by atoms with Crippen LogP contribution in [0.25, 0.3) is 17.2 Å². The van der Waals surface area contributed by atoms with Gasteiger partial charge in [0.05, 0.1) is 6.20 Å². The van der Waals surface area contributed by atoms with Crippen molar-refractivity contribution in [3.05, 3.63) is 71.8 Å². The number of carbonyl (C=O) groups excluding carboxylic acids is 2. The number of carbonyl (C=O) groups is 2. The van der Waals surface area contributed by atoms with Gasteiger partial charge in [0.15, 0.2) is 0 Å². The highest BCUT2D eigenvalue weighted by Crippen LogP contribution is 2.42. The SMILES string of the molecule is CC(=O)N(C)Cc1cc(NC(=O)/C=C/c2cnccc2-c2cnn(C)c2)ccc1C1CC1. The number of benzene rings is 1. The molecule has 1 aliphatic rings. The molecule has 0 radical (unpaired) electrons. The molecular formula is C25H27N5O2. The molecule has 0 saturated heterocycles. The number of aryl methyl sites for hydroxylation is 1.